The summed E-state index contributed by atoms with van der Waals surface area (Å²) in [4.78, 5) is 14.5. The highest BCUT2D eigenvalue weighted by atomic mass is 16.2. The second-order valence-electron chi connectivity index (χ2n) is 6.34. The smallest absolute Gasteiger partial charge is 0.241 e. The molecule has 0 heterocycles. The van der Waals surface area contributed by atoms with Crippen molar-refractivity contribution in [3.05, 3.63) is 65.7 Å². The molecule has 0 aromatic heterocycles. The van der Waals surface area contributed by atoms with Crippen LogP contribution in [0.1, 0.15) is 37.8 Å². The van der Waals surface area contributed by atoms with Gasteiger partial charge in [0.05, 0.1) is 6.04 Å². The Bertz CT molecular complexity index is 620. The van der Waals surface area contributed by atoms with Crippen LogP contribution in [0.15, 0.2) is 54.6 Å². The third-order valence-corrected chi connectivity index (χ3v) is 4.16. The molecule has 0 aliphatic heterocycles. The van der Waals surface area contributed by atoms with Crippen molar-refractivity contribution in [2.45, 2.75) is 39.3 Å². The minimum atomic E-state index is -0.194. The van der Waals surface area contributed by atoms with Gasteiger partial charge in [0.15, 0.2) is 0 Å². The quantitative estimate of drug-likeness (QED) is 0.864. The maximum atomic E-state index is 12.4. The van der Waals surface area contributed by atoms with Crippen LogP contribution in [0.3, 0.4) is 0 Å². The Morgan fingerprint density at radius 1 is 1.00 bits per heavy atom. The number of carbonyl (C=O) groups excluding carboxylic acids is 1. The largest absolute Gasteiger partial charge is 0.325 e. The molecule has 0 radical (unpaired) electrons. The second kappa shape index (κ2) is 7.93. The number of benzene rings is 2. The van der Waals surface area contributed by atoms with Gasteiger partial charge >= 0.3 is 0 Å². The predicted octanol–water partition coefficient (Wildman–Crippen LogP) is 4.27. The molecule has 0 saturated heterocycles. The van der Waals surface area contributed by atoms with E-state index >= 15 is 0 Å². The summed E-state index contributed by atoms with van der Waals surface area (Å²) in [5.41, 5.74) is 3.33. The molecule has 1 unspecified atom stereocenters. The van der Waals surface area contributed by atoms with Gasteiger partial charge in [-0.1, -0.05) is 56.3 Å². The van der Waals surface area contributed by atoms with Crippen molar-refractivity contribution in [1.29, 1.82) is 0 Å². The zero-order valence-electron chi connectivity index (χ0n) is 14.4. The lowest BCUT2D eigenvalue weighted by atomic mass is 10.0. The molecule has 0 aliphatic carbocycles. The third-order valence-electron chi connectivity index (χ3n) is 4.16. The van der Waals surface area contributed by atoms with E-state index in [9.17, 15) is 4.79 Å². The molecule has 1 N–H and O–H groups in total. The van der Waals surface area contributed by atoms with Crippen LogP contribution >= 0.6 is 0 Å². The zero-order chi connectivity index (χ0) is 16.8. The minimum Gasteiger partial charge on any atom is -0.325 e. The molecule has 1 amide bonds. The number of amides is 1. The Morgan fingerprint density at radius 3 is 2.17 bits per heavy atom. The highest BCUT2D eigenvalue weighted by Gasteiger charge is 2.18. The molecule has 122 valence electrons. The molecule has 0 bridgehead atoms. The summed E-state index contributed by atoms with van der Waals surface area (Å²) in [6.07, 6.45) is 0. The molecular formula is C20H26N2O. The fourth-order valence-corrected chi connectivity index (χ4v) is 2.41. The van der Waals surface area contributed by atoms with Crippen LogP contribution in [0.2, 0.25) is 0 Å². The van der Waals surface area contributed by atoms with Crippen LogP contribution in [0.4, 0.5) is 5.69 Å². The Balaban J connectivity index is 1.93. The van der Waals surface area contributed by atoms with E-state index in [1.54, 1.807) is 0 Å². The molecule has 0 fully saturated rings. The van der Waals surface area contributed by atoms with E-state index in [-0.39, 0.29) is 11.9 Å². The Morgan fingerprint density at radius 2 is 1.61 bits per heavy atom. The number of likely N-dealkylation sites (N-methyl/N-ethyl adjacent to an activating group) is 1. The lowest BCUT2D eigenvalue weighted by Crippen LogP contribution is -2.39. The molecular weight excluding hydrogens is 284 g/mol. The van der Waals surface area contributed by atoms with Gasteiger partial charge in [-0.3, -0.25) is 9.69 Å². The van der Waals surface area contributed by atoms with Gasteiger partial charge < -0.3 is 5.32 Å². The van der Waals surface area contributed by atoms with E-state index in [1.807, 2.05) is 49.2 Å². The van der Waals surface area contributed by atoms with Gasteiger partial charge in [0, 0.05) is 12.2 Å². The van der Waals surface area contributed by atoms with Crippen LogP contribution in [0.5, 0.6) is 0 Å². The molecule has 2 rings (SSSR count). The molecule has 23 heavy (non-hydrogen) atoms. The van der Waals surface area contributed by atoms with Crippen molar-refractivity contribution in [3.8, 4) is 0 Å². The number of hydrogen-bond donors (Lipinski definition) is 1. The SMILES string of the molecule is CC(C)c1ccc(NC(=O)C(C)N(C)Cc2ccccc2)cc1. The predicted molar refractivity (Wildman–Crippen MR) is 96.5 cm³/mol. The van der Waals surface area contributed by atoms with E-state index in [2.05, 4.69) is 43.4 Å². The van der Waals surface area contributed by atoms with Crippen molar-refractivity contribution in [2.75, 3.05) is 12.4 Å². The third kappa shape index (κ3) is 4.93. The highest BCUT2D eigenvalue weighted by molar-refractivity contribution is 5.94. The molecule has 0 spiro atoms. The number of nitrogens with zero attached hydrogens (tertiary/aromatic N) is 1. The molecule has 0 aliphatic rings. The standard InChI is InChI=1S/C20H26N2O/c1-15(2)18-10-12-19(13-11-18)21-20(23)16(3)22(4)14-17-8-6-5-7-9-17/h5-13,15-16H,14H2,1-4H3,(H,21,23). The molecule has 3 nitrogen and oxygen atoms in total. The van der Waals surface area contributed by atoms with Gasteiger partial charge in [0.1, 0.15) is 0 Å². The average Bonchev–Trinajstić information content (AvgIpc) is 2.55. The van der Waals surface area contributed by atoms with Gasteiger partial charge in [0.2, 0.25) is 5.91 Å². The first-order chi connectivity index (χ1) is 11.0. The lowest BCUT2D eigenvalue weighted by molar-refractivity contribution is -0.120. The van der Waals surface area contributed by atoms with Crippen molar-refractivity contribution in [1.82, 2.24) is 4.90 Å². The van der Waals surface area contributed by atoms with Crippen molar-refractivity contribution in [2.24, 2.45) is 0 Å². The van der Waals surface area contributed by atoms with Crippen LogP contribution in [-0.4, -0.2) is 23.9 Å². The molecule has 2 aromatic rings. The van der Waals surface area contributed by atoms with Gasteiger partial charge in [-0.25, -0.2) is 0 Å². The zero-order valence-corrected chi connectivity index (χ0v) is 14.4. The first-order valence-electron chi connectivity index (χ1n) is 8.12. The van der Waals surface area contributed by atoms with Crippen LogP contribution in [0, 0.1) is 0 Å². The monoisotopic (exact) mass is 310 g/mol. The van der Waals surface area contributed by atoms with Crippen molar-refractivity contribution >= 4 is 11.6 Å². The number of carbonyl (C=O) groups is 1. The summed E-state index contributed by atoms with van der Waals surface area (Å²) in [6.45, 7) is 7.00. The Kier molecular flexibility index (Phi) is 5.94. The van der Waals surface area contributed by atoms with Crippen LogP contribution in [-0.2, 0) is 11.3 Å². The number of hydrogen-bond acceptors (Lipinski definition) is 2. The molecule has 2 aromatic carbocycles. The fourth-order valence-electron chi connectivity index (χ4n) is 2.41. The number of rotatable bonds is 6. The first-order valence-corrected chi connectivity index (χ1v) is 8.12. The van der Waals surface area contributed by atoms with Crippen molar-refractivity contribution in [3.63, 3.8) is 0 Å². The summed E-state index contributed by atoms with van der Waals surface area (Å²) in [7, 11) is 1.97. The fraction of sp³-hybridized carbons (Fsp3) is 0.350. The summed E-state index contributed by atoms with van der Waals surface area (Å²) in [6, 6.07) is 18.1. The van der Waals surface area contributed by atoms with E-state index in [0.29, 0.717) is 5.92 Å². The van der Waals surface area contributed by atoms with Crippen molar-refractivity contribution < 1.29 is 4.79 Å². The summed E-state index contributed by atoms with van der Waals surface area (Å²) >= 11 is 0. The second-order valence-corrected chi connectivity index (χ2v) is 6.34. The minimum absolute atomic E-state index is 0.0146. The average molecular weight is 310 g/mol. The molecule has 0 saturated carbocycles. The van der Waals surface area contributed by atoms with Gasteiger partial charge in [-0.15, -0.1) is 0 Å². The van der Waals surface area contributed by atoms with Crippen LogP contribution in [0.25, 0.3) is 0 Å². The summed E-state index contributed by atoms with van der Waals surface area (Å²) < 4.78 is 0. The first kappa shape index (κ1) is 17.2. The van der Waals surface area contributed by atoms with E-state index in [1.165, 1.54) is 11.1 Å². The van der Waals surface area contributed by atoms with Gasteiger partial charge in [0.25, 0.3) is 0 Å². The molecule has 3 heteroatoms. The number of anilines is 1. The van der Waals surface area contributed by atoms with E-state index in [4.69, 9.17) is 0 Å². The maximum absolute atomic E-state index is 12.4. The number of nitrogens with one attached hydrogen (secondary N) is 1. The lowest BCUT2D eigenvalue weighted by Gasteiger charge is -2.24. The van der Waals surface area contributed by atoms with Gasteiger partial charge in [-0.05, 0) is 43.1 Å². The van der Waals surface area contributed by atoms with E-state index in [0.717, 1.165) is 12.2 Å². The highest BCUT2D eigenvalue weighted by Crippen LogP contribution is 2.17. The molecule has 1 atom stereocenters. The normalized spacial score (nSPS) is 12.4. The summed E-state index contributed by atoms with van der Waals surface area (Å²) in [5.74, 6) is 0.511. The van der Waals surface area contributed by atoms with E-state index < -0.39 is 0 Å². The maximum Gasteiger partial charge on any atom is 0.241 e. The summed E-state index contributed by atoms with van der Waals surface area (Å²) in [5, 5.41) is 2.99. The topological polar surface area (TPSA) is 32.3 Å². The van der Waals surface area contributed by atoms with Gasteiger partial charge in [-0.2, -0.15) is 0 Å². The Labute approximate surface area is 139 Å². The Hall–Kier alpha value is -2.13. The van der Waals surface area contributed by atoms with Crippen LogP contribution < -0.4 is 5.32 Å².